The minimum absolute atomic E-state index is 0.0829. The summed E-state index contributed by atoms with van der Waals surface area (Å²) >= 11 is 0. The van der Waals surface area contributed by atoms with E-state index >= 15 is 0 Å². The van der Waals surface area contributed by atoms with Gasteiger partial charge in [0.25, 0.3) is 23.4 Å². The third kappa shape index (κ3) is 3.92. The largest absolute Gasteiger partial charge is 0.456 e. The van der Waals surface area contributed by atoms with E-state index in [1.807, 2.05) is 64.1 Å². The Hall–Kier alpha value is -6.23. The van der Waals surface area contributed by atoms with E-state index in [4.69, 9.17) is 4.74 Å². The second kappa shape index (κ2) is 10.6. The predicted octanol–water partition coefficient (Wildman–Crippen LogP) is 7.29. The molecule has 11 heteroatoms. The molecule has 0 saturated heterocycles. The molecule has 0 aliphatic carbocycles. The van der Waals surface area contributed by atoms with Gasteiger partial charge < -0.3 is 15.4 Å². The summed E-state index contributed by atoms with van der Waals surface area (Å²) in [5.74, 6) is -1.15. The molecule has 2 N–H and O–H groups in total. The number of rotatable bonds is 6. The number of carbonyl (C=O) groups is 3. The second-order valence-electron chi connectivity index (χ2n) is 12.4. The average molecular weight is 654 g/mol. The number of hydrogen-bond acceptors (Lipinski definition) is 8. The fraction of sp³-hybridized carbons (Fsp3) is 0.184. The summed E-state index contributed by atoms with van der Waals surface area (Å²) in [6, 6.07) is 22.0. The number of nitro benzene ring substituents is 1. The van der Waals surface area contributed by atoms with Gasteiger partial charge in [-0.15, -0.1) is 0 Å². The van der Waals surface area contributed by atoms with Crippen molar-refractivity contribution in [1.82, 2.24) is 10.0 Å². The number of fused-ring (bicyclic) bond motifs is 6. The van der Waals surface area contributed by atoms with E-state index in [9.17, 15) is 24.5 Å². The van der Waals surface area contributed by atoms with Crippen LogP contribution in [0.3, 0.4) is 0 Å². The van der Waals surface area contributed by atoms with Gasteiger partial charge in [0, 0.05) is 70.3 Å². The molecule has 5 aromatic rings. The topological polar surface area (TPSA) is 134 Å². The van der Waals surface area contributed by atoms with Crippen LogP contribution >= 0.6 is 0 Å². The third-order valence-corrected chi connectivity index (χ3v) is 9.70. The lowest BCUT2D eigenvalue weighted by atomic mass is 9.74. The summed E-state index contributed by atoms with van der Waals surface area (Å²) in [7, 11) is 0. The molecule has 3 amide bonds. The summed E-state index contributed by atoms with van der Waals surface area (Å²) in [6.07, 6.45) is 0. The van der Waals surface area contributed by atoms with Gasteiger partial charge in [-0.2, -0.15) is 5.01 Å². The van der Waals surface area contributed by atoms with E-state index in [-0.39, 0.29) is 27.6 Å². The van der Waals surface area contributed by atoms with Crippen LogP contribution < -0.4 is 15.4 Å². The maximum absolute atomic E-state index is 14.9. The van der Waals surface area contributed by atoms with Gasteiger partial charge in [-0.1, -0.05) is 24.3 Å². The molecule has 0 saturated carbocycles. The minimum Gasteiger partial charge on any atom is -0.456 e. The van der Waals surface area contributed by atoms with Crippen LogP contribution in [0.25, 0.3) is 10.8 Å². The molecule has 1 spiro atoms. The first-order chi connectivity index (χ1) is 23.6. The Balaban J connectivity index is 1.47. The van der Waals surface area contributed by atoms with E-state index in [2.05, 4.69) is 10.6 Å². The molecule has 3 aliphatic heterocycles. The van der Waals surface area contributed by atoms with Crippen molar-refractivity contribution in [2.75, 3.05) is 23.7 Å². The number of hydrogen-bond donors (Lipinski definition) is 2. The summed E-state index contributed by atoms with van der Waals surface area (Å²) < 4.78 is 6.66. The molecule has 49 heavy (non-hydrogen) atoms. The predicted molar refractivity (Wildman–Crippen MR) is 184 cm³/mol. The number of aryl methyl sites for hydroxylation is 2. The molecule has 0 aromatic heterocycles. The highest BCUT2D eigenvalue weighted by atomic mass is 16.6. The van der Waals surface area contributed by atoms with E-state index in [0.717, 1.165) is 27.5 Å². The van der Waals surface area contributed by atoms with E-state index in [0.29, 0.717) is 46.8 Å². The zero-order valence-corrected chi connectivity index (χ0v) is 27.2. The second-order valence-corrected chi connectivity index (χ2v) is 12.4. The van der Waals surface area contributed by atoms with Gasteiger partial charge in [0.15, 0.2) is 0 Å². The smallest absolute Gasteiger partial charge is 0.280 e. The molecule has 3 aliphatic rings. The quantitative estimate of drug-likeness (QED) is 0.111. The van der Waals surface area contributed by atoms with Gasteiger partial charge in [0.1, 0.15) is 17.0 Å². The Kier molecular flexibility index (Phi) is 6.54. The zero-order valence-electron chi connectivity index (χ0n) is 27.2. The van der Waals surface area contributed by atoms with Crippen LogP contribution in [0.2, 0.25) is 0 Å². The monoisotopic (exact) mass is 653 g/mol. The molecule has 0 unspecified atom stereocenters. The first-order valence-corrected chi connectivity index (χ1v) is 16.1. The Morgan fingerprint density at radius 3 is 1.88 bits per heavy atom. The van der Waals surface area contributed by atoms with Crippen LogP contribution in [0.1, 0.15) is 72.7 Å². The normalized spacial score (nSPS) is 15.2. The minimum atomic E-state index is -1.51. The molecule has 3 heterocycles. The summed E-state index contributed by atoms with van der Waals surface area (Å²) in [4.78, 5) is 55.8. The van der Waals surface area contributed by atoms with E-state index in [1.54, 1.807) is 18.2 Å². The number of amides is 3. The molecule has 244 valence electrons. The lowest BCUT2D eigenvalue weighted by molar-refractivity contribution is -0.383. The van der Waals surface area contributed by atoms with Gasteiger partial charge in [-0.3, -0.25) is 24.5 Å². The molecule has 0 fully saturated rings. The molecule has 0 radical (unpaired) electrons. The molecular weight excluding hydrogens is 622 g/mol. The van der Waals surface area contributed by atoms with Crippen molar-refractivity contribution in [3.05, 3.63) is 133 Å². The molecule has 0 bridgehead atoms. The van der Waals surface area contributed by atoms with Crippen molar-refractivity contribution in [1.29, 1.82) is 0 Å². The number of benzene rings is 5. The van der Waals surface area contributed by atoms with E-state index in [1.165, 1.54) is 29.3 Å². The number of non-ortho nitro benzene ring substituents is 1. The summed E-state index contributed by atoms with van der Waals surface area (Å²) in [5.41, 5.74) is 3.96. The number of nitrogens with one attached hydrogen (secondary N) is 2. The van der Waals surface area contributed by atoms with Crippen molar-refractivity contribution >= 4 is 45.6 Å². The van der Waals surface area contributed by atoms with Crippen LogP contribution in [0.15, 0.2) is 78.9 Å². The fourth-order valence-corrected chi connectivity index (χ4v) is 7.67. The fourth-order valence-electron chi connectivity index (χ4n) is 7.67. The third-order valence-electron chi connectivity index (χ3n) is 9.70. The Bertz CT molecular complexity index is 2250. The average Bonchev–Trinajstić information content (AvgIpc) is 3.33. The van der Waals surface area contributed by atoms with Crippen molar-refractivity contribution in [3.8, 4) is 11.5 Å². The van der Waals surface area contributed by atoms with Crippen molar-refractivity contribution in [2.45, 2.75) is 33.2 Å². The number of anilines is 2. The van der Waals surface area contributed by atoms with Crippen molar-refractivity contribution < 1.29 is 24.0 Å². The number of carbonyl (C=O) groups excluding carboxylic acids is 3. The molecular formula is C38H31N5O6. The zero-order chi connectivity index (χ0) is 34.4. The van der Waals surface area contributed by atoms with Crippen LogP contribution in [0.4, 0.5) is 17.1 Å². The van der Waals surface area contributed by atoms with Gasteiger partial charge in [-0.05, 0) is 75.2 Å². The van der Waals surface area contributed by atoms with Crippen molar-refractivity contribution in [2.24, 2.45) is 0 Å². The standard InChI is InChI=1S/C38H31N5O6/c1-5-39-29-18-32-27(16-20(29)3)38(28-17-21(4)30(40-6-2)19-33(28)49-32)26-13-8-7-10-22(26)37(46)42(38)41-35(44)24-12-9-11-23-31(43(47)48)15-14-25(34(23)24)36(41)45/h7-19,39-40H,5-6H2,1-4H3. The maximum Gasteiger partial charge on any atom is 0.280 e. The molecule has 11 nitrogen and oxygen atoms in total. The molecule has 0 atom stereocenters. The lowest BCUT2D eigenvalue weighted by Gasteiger charge is -2.48. The number of nitro groups is 1. The summed E-state index contributed by atoms with van der Waals surface area (Å²) in [6.45, 7) is 9.23. The van der Waals surface area contributed by atoms with Crippen LogP contribution in [0.5, 0.6) is 11.5 Å². The number of hydrazine groups is 1. The van der Waals surface area contributed by atoms with Gasteiger partial charge in [-0.25, -0.2) is 5.01 Å². The lowest BCUT2D eigenvalue weighted by Crippen LogP contribution is -2.60. The highest BCUT2D eigenvalue weighted by molar-refractivity contribution is 6.27. The summed E-state index contributed by atoms with van der Waals surface area (Å²) in [5, 5.41) is 21.2. The first-order valence-electron chi connectivity index (χ1n) is 16.1. The van der Waals surface area contributed by atoms with Gasteiger partial charge in [0.2, 0.25) is 0 Å². The number of ether oxygens (including phenoxy) is 1. The Morgan fingerprint density at radius 1 is 0.714 bits per heavy atom. The van der Waals surface area contributed by atoms with Gasteiger partial charge >= 0.3 is 0 Å². The van der Waals surface area contributed by atoms with Crippen LogP contribution in [-0.2, 0) is 5.54 Å². The van der Waals surface area contributed by atoms with Crippen LogP contribution in [0, 0.1) is 24.0 Å². The number of nitrogens with zero attached hydrogens (tertiary/aromatic N) is 3. The Labute approximate surface area is 281 Å². The highest BCUT2D eigenvalue weighted by Crippen LogP contribution is 2.59. The first kappa shape index (κ1) is 30.1. The Morgan fingerprint density at radius 2 is 1.29 bits per heavy atom. The SMILES string of the molecule is CCNc1cc2c(cc1C)C1(c3cc(C)c(NCC)cc3O2)c2ccccc2C(=O)N1N1C(=O)c2cccc3c([N+](=O)[O-])ccc(c23)C1=O. The number of imide groups is 1. The van der Waals surface area contributed by atoms with Crippen LogP contribution in [-0.4, -0.2) is 45.8 Å². The molecule has 5 aromatic carbocycles. The maximum atomic E-state index is 14.9. The highest BCUT2D eigenvalue weighted by Gasteiger charge is 2.61. The molecule has 8 rings (SSSR count). The van der Waals surface area contributed by atoms with Crippen molar-refractivity contribution in [3.63, 3.8) is 0 Å². The van der Waals surface area contributed by atoms with E-state index < -0.39 is 28.2 Å². The van der Waals surface area contributed by atoms with Gasteiger partial charge in [0.05, 0.1) is 21.4 Å².